The number of likely N-dealkylation sites (tertiary alicyclic amines) is 1. The van der Waals surface area contributed by atoms with Crippen molar-refractivity contribution >= 4 is 17.4 Å². The number of hydrogen-bond donors (Lipinski definition) is 1. The number of halogens is 1. The van der Waals surface area contributed by atoms with Crippen LogP contribution in [0.4, 0.5) is 4.39 Å². The summed E-state index contributed by atoms with van der Waals surface area (Å²) in [5.41, 5.74) is 1.79. The Hall–Kier alpha value is -4.33. The minimum atomic E-state index is -0.888. The monoisotopic (exact) mass is 475 g/mol. The fourth-order valence-electron chi connectivity index (χ4n) is 4.38. The molecule has 1 saturated heterocycles. The minimum absolute atomic E-state index is 0.0741. The largest absolute Gasteiger partial charge is 0.507 e. The van der Waals surface area contributed by atoms with Gasteiger partial charge in [-0.05, 0) is 66.1 Å². The van der Waals surface area contributed by atoms with Gasteiger partial charge in [0.1, 0.15) is 17.3 Å². The molecule has 0 aromatic heterocycles. The van der Waals surface area contributed by atoms with Gasteiger partial charge in [0.2, 0.25) is 6.79 Å². The van der Waals surface area contributed by atoms with E-state index in [9.17, 15) is 19.1 Å². The molecule has 178 valence electrons. The van der Waals surface area contributed by atoms with Crippen molar-refractivity contribution in [1.29, 1.82) is 0 Å². The molecule has 3 aromatic carbocycles. The molecule has 1 unspecified atom stereocenters. The van der Waals surface area contributed by atoms with Gasteiger partial charge in [0.15, 0.2) is 11.5 Å². The van der Waals surface area contributed by atoms with Crippen molar-refractivity contribution in [1.82, 2.24) is 4.90 Å². The van der Waals surface area contributed by atoms with Gasteiger partial charge in [-0.15, -0.1) is 0 Å². The summed E-state index contributed by atoms with van der Waals surface area (Å²) < 4.78 is 30.0. The second-order valence-corrected chi connectivity index (χ2v) is 8.36. The smallest absolute Gasteiger partial charge is 0.295 e. The maximum Gasteiger partial charge on any atom is 0.295 e. The minimum Gasteiger partial charge on any atom is -0.507 e. The standard InChI is InChI=1S/C27H22FNO6/c1-15-10-18(7-8-20(15)28)25(30)23-24(17-4-3-5-19(12-17)33-2)29(27(32)26(23)31)13-16-6-9-21-22(11-16)35-14-34-21/h3-12,24,30H,13-14H2,1-2H3/b25-23+. The molecule has 0 radical (unpaired) electrons. The summed E-state index contributed by atoms with van der Waals surface area (Å²) in [4.78, 5) is 27.9. The zero-order valence-electron chi connectivity index (χ0n) is 19.1. The fraction of sp³-hybridized carbons (Fsp3) is 0.185. The van der Waals surface area contributed by atoms with Crippen LogP contribution in [0.1, 0.15) is 28.3 Å². The number of methoxy groups -OCH3 is 1. The molecule has 0 bridgehead atoms. The summed E-state index contributed by atoms with van der Waals surface area (Å²) in [6.45, 7) is 1.76. The summed E-state index contributed by atoms with van der Waals surface area (Å²) >= 11 is 0. The SMILES string of the molecule is COc1cccc(C2/C(=C(\O)c3ccc(F)c(C)c3)C(=O)C(=O)N2Cc2ccc3c(c2)OCO3)c1. The van der Waals surface area contributed by atoms with Crippen LogP contribution >= 0.6 is 0 Å². The molecule has 1 fully saturated rings. The highest BCUT2D eigenvalue weighted by Gasteiger charge is 2.46. The summed E-state index contributed by atoms with van der Waals surface area (Å²) in [6.07, 6.45) is 0. The zero-order valence-corrected chi connectivity index (χ0v) is 19.1. The quantitative estimate of drug-likeness (QED) is 0.333. The average molecular weight is 475 g/mol. The van der Waals surface area contributed by atoms with Crippen LogP contribution in [0.25, 0.3) is 5.76 Å². The zero-order chi connectivity index (χ0) is 24.7. The maximum atomic E-state index is 13.8. The number of ketones is 1. The topological polar surface area (TPSA) is 85.3 Å². The van der Waals surface area contributed by atoms with Crippen molar-refractivity contribution < 1.29 is 33.3 Å². The number of carbonyl (C=O) groups is 2. The van der Waals surface area contributed by atoms with Crippen molar-refractivity contribution in [2.75, 3.05) is 13.9 Å². The second-order valence-electron chi connectivity index (χ2n) is 8.36. The third-order valence-corrected chi connectivity index (χ3v) is 6.17. The van der Waals surface area contributed by atoms with E-state index in [4.69, 9.17) is 14.2 Å². The number of fused-ring (bicyclic) bond motifs is 1. The molecule has 1 atom stereocenters. The number of aryl methyl sites for hydroxylation is 1. The predicted octanol–water partition coefficient (Wildman–Crippen LogP) is 4.49. The number of Topliss-reactive ketones (excluding diaryl/α,β-unsaturated/α-hetero) is 1. The fourth-order valence-corrected chi connectivity index (χ4v) is 4.38. The van der Waals surface area contributed by atoms with E-state index in [0.717, 1.165) is 5.56 Å². The maximum absolute atomic E-state index is 13.8. The molecule has 2 heterocycles. The van der Waals surface area contributed by atoms with E-state index >= 15 is 0 Å². The van der Waals surface area contributed by atoms with Crippen molar-refractivity contribution in [3.8, 4) is 17.2 Å². The molecular formula is C27H22FNO6. The number of nitrogens with zero attached hydrogens (tertiary/aromatic N) is 1. The van der Waals surface area contributed by atoms with E-state index in [2.05, 4.69) is 0 Å². The summed E-state index contributed by atoms with van der Waals surface area (Å²) in [5, 5.41) is 11.2. The van der Waals surface area contributed by atoms with Crippen molar-refractivity contribution in [2.24, 2.45) is 0 Å². The first kappa shape index (κ1) is 22.5. The van der Waals surface area contributed by atoms with E-state index < -0.39 is 23.5 Å². The van der Waals surface area contributed by atoms with Gasteiger partial charge in [0.25, 0.3) is 11.7 Å². The summed E-state index contributed by atoms with van der Waals surface area (Å²) in [6, 6.07) is 15.4. The predicted molar refractivity (Wildman–Crippen MR) is 125 cm³/mol. The number of amides is 1. The molecule has 0 saturated carbocycles. The molecule has 2 aliphatic rings. The summed E-state index contributed by atoms with van der Waals surface area (Å²) in [5.74, 6) is -0.685. The average Bonchev–Trinajstić information content (AvgIpc) is 3.43. The van der Waals surface area contributed by atoms with E-state index in [1.54, 1.807) is 49.4 Å². The van der Waals surface area contributed by atoms with Gasteiger partial charge in [0.05, 0.1) is 18.7 Å². The first-order valence-electron chi connectivity index (χ1n) is 10.9. The molecule has 8 heteroatoms. The number of benzene rings is 3. The highest BCUT2D eigenvalue weighted by atomic mass is 19.1. The van der Waals surface area contributed by atoms with Gasteiger partial charge in [-0.25, -0.2) is 4.39 Å². The Labute approximate surface area is 201 Å². The van der Waals surface area contributed by atoms with Gasteiger partial charge >= 0.3 is 0 Å². The Kier molecular flexibility index (Phi) is 5.64. The molecule has 1 amide bonds. The lowest BCUT2D eigenvalue weighted by Crippen LogP contribution is -2.29. The van der Waals surface area contributed by atoms with Crippen molar-refractivity contribution in [2.45, 2.75) is 19.5 Å². The van der Waals surface area contributed by atoms with Crippen LogP contribution in [0.3, 0.4) is 0 Å². The third kappa shape index (κ3) is 3.97. The van der Waals surface area contributed by atoms with Crippen LogP contribution in [0, 0.1) is 12.7 Å². The van der Waals surface area contributed by atoms with E-state index in [0.29, 0.717) is 28.4 Å². The van der Waals surface area contributed by atoms with Gasteiger partial charge in [-0.1, -0.05) is 18.2 Å². The van der Waals surface area contributed by atoms with Crippen LogP contribution in [-0.4, -0.2) is 35.6 Å². The van der Waals surface area contributed by atoms with E-state index in [1.807, 2.05) is 0 Å². The molecular weight excluding hydrogens is 453 g/mol. The van der Waals surface area contributed by atoms with Crippen LogP contribution in [-0.2, 0) is 16.1 Å². The van der Waals surface area contributed by atoms with Crippen molar-refractivity contribution in [3.05, 3.63) is 94.3 Å². The van der Waals surface area contributed by atoms with Crippen molar-refractivity contribution in [3.63, 3.8) is 0 Å². The van der Waals surface area contributed by atoms with Crippen LogP contribution in [0.15, 0.2) is 66.2 Å². The van der Waals surface area contributed by atoms with E-state index in [-0.39, 0.29) is 30.2 Å². The van der Waals surface area contributed by atoms with Gasteiger partial charge in [0, 0.05) is 12.1 Å². The molecule has 1 N–H and O–H groups in total. The van der Waals surface area contributed by atoms with Crippen LogP contribution in [0.5, 0.6) is 17.2 Å². The Balaban J connectivity index is 1.63. The molecule has 7 nitrogen and oxygen atoms in total. The summed E-state index contributed by atoms with van der Waals surface area (Å²) in [7, 11) is 1.52. The first-order valence-corrected chi connectivity index (χ1v) is 10.9. The number of aliphatic hydroxyl groups is 1. The number of rotatable bonds is 5. The Morgan fingerprint density at radius 2 is 1.89 bits per heavy atom. The lowest BCUT2D eigenvalue weighted by atomic mass is 9.94. The number of aliphatic hydroxyl groups excluding tert-OH is 1. The Morgan fingerprint density at radius 3 is 2.66 bits per heavy atom. The molecule has 3 aromatic rings. The van der Waals surface area contributed by atoms with Gasteiger partial charge < -0.3 is 24.2 Å². The normalized spacial score (nSPS) is 18.3. The van der Waals surface area contributed by atoms with Crippen LogP contribution in [0.2, 0.25) is 0 Å². The Morgan fingerprint density at radius 1 is 1.09 bits per heavy atom. The second kappa shape index (κ2) is 8.79. The number of ether oxygens (including phenoxy) is 3. The molecule has 35 heavy (non-hydrogen) atoms. The molecule has 2 aliphatic heterocycles. The van der Waals surface area contributed by atoms with E-state index in [1.165, 1.54) is 30.2 Å². The highest BCUT2D eigenvalue weighted by molar-refractivity contribution is 6.46. The first-order chi connectivity index (χ1) is 16.9. The van der Waals surface area contributed by atoms with Gasteiger partial charge in [-0.2, -0.15) is 0 Å². The molecule has 5 rings (SSSR count). The number of hydrogen-bond acceptors (Lipinski definition) is 6. The molecule has 0 spiro atoms. The van der Waals surface area contributed by atoms with Crippen LogP contribution < -0.4 is 14.2 Å². The molecule has 0 aliphatic carbocycles. The lowest BCUT2D eigenvalue weighted by molar-refractivity contribution is -0.140. The third-order valence-electron chi connectivity index (χ3n) is 6.17. The van der Waals surface area contributed by atoms with Gasteiger partial charge in [-0.3, -0.25) is 9.59 Å². The number of carbonyl (C=O) groups excluding carboxylic acids is 2. The highest BCUT2D eigenvalue weighted by Crippen LogP contribution is 2.42. The Bertz CT molecular complexity index is 1380. The lowest BCUT2D eigenvalue weighted by Gasteiger charge is -2.26.